The van der Waals surface area contributed by atoms with Crippen LogP contribution in [0.5, 0.6) is 0 Å². The quantitative estimate of drug-likeness (QED) is 0.716. The number of rotatable bonds is 8. The highest BCUT2D eigenvalue weighted by Crippen LogP contribution is 2.23. The van der Waals surface area contributed by atoms with E-state index in [1.54, 1.807) is 0 Å². The molecule has 2 aromatic rings. The Morgan fingerprint density at radius 2 is 1.91 bits per heavy atom. The maximum atomic E-state index is 4.60. The normalized spacial score (nSPS) is 12.1. The second-order valence-electron chi connectivity index (χ2n) is 5.94. The third-order valence-corrected chi connectivity index (χ3v) is 3.95. The molecule has 0 saturated carbocycles. The zero-order valence-electron chi connectivity index (χ0n) is 14.0. The summed E-state index contributed by atoms with van der Waals surface area (Å²) < 4.78 is 0. The van der Waals surface area contributed by atoms with Gasteiger partial charge in [-0.15, -0.1) is 0 Å². The largest absolute Gasteiger partial charge is 0.370 e. The van der Waals surface area contributed by atoms with Crippen LogP contribution in [0.15, 0.2) is 36.5 Å². The zero-order chi connectivity index (χ0) is 15.8. The molecule has 3 heteroatoms. The van der Waals surface area contributed by atoms with Crippen molar-refractivity contribution in [3.8, 4) is 0 Å². The average Bonchev–Trinajstić information content (AvgIpc) is 2.54. The van der Waals surface area contributed by atoms with Crippen molar-refractivity contribution in [2.24, 2.45) is 0 Å². The van der Waals surface area contributed by atoms with Gasteiger partial charge in [0.1, 0.15) is 11.6 Å². The van der Waals surface area contributed by atoms with E-state index in [1.807, 2.05) is 13.1 Å². The first kappa shape index (κ1) is 16.5. The van der Waals surface area contributed by atoms with Gasteiger partial charge in [-0.1, -0.05) is 57.0 Å². The van der Waals surface area contributed by atoms with Gasteiger partial charge in [-0.3, -0.25) is 0 Å². The van der Waals surface area contributed by atoms with E-state index in [9.17, 15) is 0 Å². The van der Waals surface area contributed by atoms with Gasteiger partial charge in [0.25, 0.3) is 0 Å². The molecule has 1 unspecified atom stereocenters. The summed E-state index contributed by atoms with van der Waals surface area (Å²) in [6, 6.07) is 10.6. The molecule has 0 aliphatic heterocycles. The van der Waals surface area contributed by atoms with Crippen LogP contribution in [0.2, 0.25) is 0 Å². The summed E-state index contributed by atoms with van der Waals surface area (Å²) in [6.07, 6.45) is 6.62. The Hall–Kier alpha value is -1.90. The Balaban J connectivity index is 2.06. The van der Waals surface area contributed by atoms with Crippen LogP contribution in [0.4, 0.5) is 5.82 Å². The van der Waals surface area contributed by atoms with Crippen molar-refractivity contribution < 1.29 is 0 Å². The van der Waals surface area contributed by atoms with Crippen LogP contribution >= 0.6 is 0 Å². The van der Waals surface area contributed by atoms with Crippen LogP contribution in [0.25, 0.3) is 0 Å². The molecule has 1 atom stereocenters. The van der Waals surface area contributed by atoms with E-state index in [0.717, 1.165) is 24.6 Å². The number of nitrogens with zero attached hydrogens (tertiary/aromatic N) is 2. The number of nitrogens with one attached hydrogen (secondary N) is 1. The fraction of sp³-hybridized carbons (Fsp3) is 0.474. The van der Waals surface area contributed by atoms with Crippen LogP contribution in [0.3, 0.4) is 0 Å². The molecule has 0 spiro atoms. The Kier molecular flexibility index (Phi) is 6.38. The number of anilines is 1. The molecule has 118 valence electrons. The lowest BCUT2D eigenvalue weighted by molar-refractivity contribution is 0.732. The standard InChI is InChI=1S/C19H27N3/c1-4-5-9-12-20-19-18(14-21-16(3)22-19)13-15(2)17-10-7-6-8-11-17/h6-8,10-11,14-15H,4-5,9,12-13H2,1-3H3,(H,20,21,22). The molecule has 0 amide bonds. The first-order valence-corrected chi connectivity index (χ1v) is 8.32. The fourth-order valence-electron chi connectivity index (χ4n) is 2.61. The average molecular weight is 297 g/mol. The van der Waals surface area contributed by atoms with Crippen molar-refractivity contribution in [1.82, 2.24) is 9.97 Å². The van der Waals surface area contributed by atoms with E-state index in [2.05, 4.69) is 59.5 Å². The summed E-state index contributed by atoms with van der Waals surface area (Å²) in [5.41, 5.74) is 2.57. The van der Waals surface area contributed by atoms with Gasteiger partial charge in [-0.2, -0.15) is 0 Å². The molecule has 2 rings (SSSR count). The molecule has 0 aliphatic rings. The first-order chi connectivity index (χ1) is 10.7. The van der Waals surface area contributed by atoms with Gasteiger partial charge in [0, 0.05) is 18.3 Å². The van der Waals surface area contributed by atoms with Crippen molar-refractivity contribution in [1.29, 1.82) is 0 Å². The molecule has 1 aromatic carbocycles. The van der Waals surface area contributed by atoms with Crippen molar-refractivity contribution in [3.05, 3.63) is 53.5 Å². The lowest BCUT2D eigenvalue weighted by Crippen LogP contribution is -2.10. The summed E-state index contributed by atoms with van der Waals surface area (Å²) >= 11 is 0. The summed E-state index contributed by atoms with van der Waals surface area (Å²) in [5.74, 6) is 2.30. The van der Waals surface area contributed by atoms with Gasteiger partial charge in [0.2, 0.25) is 0 Å². The molecule has 0 aliphatic carbocycles. The van der Waals surface area contributed by atoms with E-state index in [1.165, 1.54) is 30.4 Å². The smallest absolute Gasteiger partial charge is 0.132 e. The van der Waals surface area contributed by atoms with E-state index < -0.39 is 0 Å². The minimum absolute atomic E-state index is 0.462. The van der Waals surface area contributed by atoms with Crippen molar-refractivity contribution in [2.75, 3.05) is 11.9 Å². The number of hydrogen-bond acceptors (Lipinski definition) is 3. The molecule has 22 heavy (non-hydrogen) atoms. The monoisotopic (exact) mass is 297 g/mol. The fourth-order valence-corrected chi connectivity index (χ4v) is 2.61. The zero-order valence-corrected chi connectivity index (χ0v) is 14.0. The maximum Gasteiger partial charge on any atom is 0.132 e. The molecule has 3 nitrogen and oxygen atoms in total. The Labute approximate surface area is 134 Å². The van der Waals surface area contributed by atoms with Gasteiger partial charge >= 0.3 is 0 Å². The van der Waals surface area contributed by atoms with E-state index in [-0.39, 0.29) is 0 Å². The Morgan fingerprint density at radius 3 is 2.64 bits per heavy atom. The Morgan fingerprint density at radius 1 is 1.14 bits per heavy atom. The van der Waals surface area contributed by atoms with E-state index in [0.29, 0.717) is 5.92 Å². The summed E-state index contributed by atoms with van der Waals surface area (Å²) in [4.78, 5) is 8.98. The number of aromatic nitrogens is 2. The highest BCUT2D eigenvalue weighted by molar-refractivity contribution is 5.44. The highest BCUT2D eigenvalue weighted by atomic mass is 15.0. The minimum Gasteiger partial charge on any atom is -0.370 e. The molecular formula is C19H27N3. The third kappa shape index (κ3) is 4.83. The number of aryl methyl sites for hydroxylation is 1. The van der Waals surface area contributed by atoms with E-state index >= 15 is 0 Å². The number of hydrogen-bond donors (Lipinski definition) is 1. The highest BCUT2D eigenvalue weighted by Gasteiger charge is 2.11. The predicted molar refractivity (Wildman–Crippen MR) is 93.3 cm³/mol. The molecule has 0 saturated heterocycles. The first-order valence-electron chi connectivity index (χ1n) is 8.32. The molecule has 1 N–H and O–H groups in total. The summed E-state index contributed by atoms with van der Waals surface area (Å²) in [7, 11) is 0. The molecule has 0 bridgehead atoms. The van der Waals surface area contributed by atoms with Gasteiger partial charge < -0.3 is 5.32 Å². The van der Waals surface area contributed by atoms with Crippen molar-refractivity contribution >= 4 is 5.82 Å². The lowest BCUT2D eigenvalue weighted by Gasteiger charge is -2.15. The van der Waals surface area contributed by atoms with Crippen LogP contribution in [-0.4, -0.2) is 16.5 Å². The third-order valence-electron chi connectivity index (χ3n) is 3.95. The van der Waals surface area contributed by atoms with Gasteiger partial charge in [-0.05, 0) is 31.2 Å². The molecule has 1 aromatic heterocycles. The SMILES string of the molecule is CCCCCNc1nc(C)ncc1CC(C)c1ccccc1. The van der Waals surface area contributed by atoms with Crippen LogP contribution in [0.1, 0.15) is 56.0 Å². The van der Waals surface area contributed by atoms with Gasteiger partial charge in [0.05, 0.1) is 0 Å². The Bertz CT molecular complexity index is 566. The van der Waals surface area contributed by atoms with Crippen LogP contribution in [0, 0.1) is 6.92 Å². The van der Waals surface area contributed by atoms with Gasteiger partial charge in [0.15, 0.2) is 0 Å². The topological polar surface area (TPSA) is 37.8 Å². The van der Waals surface area contributed by atoms with Crippen LogP contribution < -0.4 is 5.32 Å². The predicted octanol–water partition coefficient (Wildman–Crippen LogP) is 4.73. The number of benzene rings is 1. The van der Waals surface area contributed by atoms with Gasteiger partial charge in [-0.25, -0.2) is 9.97 Å². The molecule has 1 heterocycles. The molecular weight excluding hydrogens is 270 g/mol. The second-order valence-corrected chi connectivity index (χ2v) is 5.94. The van der Waals surface area contributed by atoms with Crippen LogP contribution in [-0.2, 0) is 6.42 Å². The van der Waals surface area contributed by atoms with E-state index in [4.69, 9.17) is 0 Å². The number of unbranched alkanes of at least 4 members (excludes halogenated alkanes) is 2. The summed E-state index contributed by atoms with van der Waals surface area (Å²) in [5, 5.41) is 3.49. The minimum atomic E-state index is 0.462. The second kappa shape index (κ2) is 8.52. The summed E-state index contributed by atoms with van der Waals surface area (Å²) in [6.45, 7) is 7.41. The van der Waals surface area contributed by atoms with Crippen molar-refractivity contribution in [3.63, 3.8) is 0 Å². The lowest BCUT2D eigenvalue weighted by atomic mass is 9.94. The molecule has 0 fully saturated rings. The maximum absolute atomic E-state index is 4.60. The molecule has 0 radical (unpaired) electrons. The van der Waals surface area contributed by atoms with Crippen molar-refractivity contribution in [2.45, 2.75) is 52.4 Å².